The maximum absolute atomic E-state index is 2.74. The molecule has 2 atom stereocenters. The minimum atomic E-state index is 0.949. The van der Waals surface area contributed by atoms with Gasteiger partial charge in [-0.1, -0.05) is 53.9 Å². The highest BCUT2D eigenvalue weighted by atomic mass is 15.1. The van der Waals surface area contributed by atoms with Crippen LogP contribution < -0.4 is 0 Å². The third-order valence-electron chi connectivity index (χ3n) is 4.09. The van der Waals surface area contributed by atoms with Crippen molar-refractivity contribution in [3.8, 4) is 0 Å². The highest BCUT2D eigenvalue weighted by Gasteiger charge is 2.20. The molecule has 0 saturated carbocycles. The van der Waals surface area contributed by atoms with E-state index in [0.29, 0.717) is 0 Å². The Labute approximate surface area is 116 Å². The number of hydrogen-bond acceptors (Lipinski definition) is 1. The van der Waals surface area contributed by atoms with Gasteiger partial charge in [-0.05, 0) is 44.1 Å². The van der Waals surface area contributed by atoms with Crippen molar-refractivity contribution >= 4 is 0 Å². The number of hydrogen-bond donors (Lipinski definition) is 0. The fourth-order valence-corrected chi connectivity index (χ4v) is 3.16. The number of nitrogens with zero attached hydrogens (tertiary/aromatic N) is 1. The van der Waals surface area contributed by atoms with Gasteiger partial charge in [0.15, 0.2) is 0 Å². The lowest BCUT2D eigenvalue weighted by Crippen LogP contribution is -2.38. The number of likely N-dealkylation sites (tertiary alicyclic amines) is 1. The van der Waals surface area contributed by atoms with Crippen LogP contribution in [0.1, 0.15) is 79.6 Å². The lowest BCUT2D eigenvalue weighted by Gasteiger charge is -2.34. The predicted octanol–water partition coefficient (Wildman–Crippen LogP) is 5.35. The topological polar surface area (TPSA) is 3.24 Å². The first-order valence-electron chi connectivity index (χ1n) is 8.52. The Bertz CT molecular complexity index is 165. The van der Waals surface area contributed by atoms with E-state index in [1.807, 2.05) is 13.8 Å². The first-order chi connectivity index (χ1) is 8.80. The van der Waals surface area contributed by atoms with Crippen LogP contribution in [-0.4, -0.2) is 24.5 Å². The maximum Gasteiger partial charge on any atom is 0.000978 e. The van der Waals surface area contributed by atoms with Gasteiger partial charge in [0.1, 0.15) is 0 Å². The summed E-state index contributed by atoms with van der Waals surface area (Å²) in [5.41, 5.74) is 0. The summed E-state index contributed by atoms with van der Waals surface area (Å²) >= 11 is 0. The molecule has 0 N–H and O–H groups in total. The number of piperidine rings is 1. The fraction of sp³-hybridized carbons (Fsp3) is 1.00. The van der Waals surface area contributed by atoms with Crippen molar-refractivity contribution in [1.29, 1.82) is 0 Å². The molecule has 0 aromatic carbocycles. The first kappa shape index (κ1) is 18.0. The third kappa shape index (κ3) is 7.41. The van der Waals surface area contributed by atoms with Crippen molar-refractivity contribution in [1.82, 2.24) is 4.90 Å². The van der Waals surface area contributed by atoms with Crippen molar-refractivity contribution in [3.63, 3.8) is 0 Å². The second-order valence-electron chi connectivity index (χ2n) is 5.62. The quantitative estimate of drug-likeness (QED) is 0.592. The van der Waals surface area contributed by atoms with E-state index in [4.69, 9.17) is 0 Å². The van der Waals surface area contributed by atoms with Gasteiger partial charge in [0.05, 0.1) is 0 Å². The van der Waals surface area contributed by atoms with Gasteiger partial charge in [-0.2, -0.15) is 0 Å². The normalized spacial score (nSPS) is 22.2. The van der Waals surface area contributed by atoms with E-state index in [1.54, 1.807) is 0 Å². The highest BCUT2D eigenvalue weighted by molar-refractivity contribution is 4.74. The summed E-state index contributed by atoms with van der Waals surface area (Å²) in [6.45, 7) is 15.1. The van der Waals surface area contributed by atoms with E-state index in [2.05, 4.69) is 25.7 Å². The average Bonchev–Trinajstić information content (AvgIpc) is 2.41. The second-order valence-corrected chi connectivity index (χ2v) is 5.62. The molecule has 1 nitrogen and oxygen atoms in total. The summed E-state index contributed by atoms with van der Waals surface area (Å²) in [5.74, 6) is 1.95. The molecule has 1 heterocycles. The van der Waals surface area contributed by atoms with E-state index in [0.717, 1.165) is 11.8 Å². The Morgan fingerprint density at radius 1 is 1.11 bits per heavy atom. The van der Waals surface area contributed by atoms with E-state index in [9.17, 15) is 0 Å². The van der Waals surface area contributed by atoms with Crippen LogP contribution in [0, 0.1) is 11.8 Å². The number of rotatable bonds is 7. The van der Waals surface area contributed by atoms with Gasteiger partial charge in [0, 0.05) is 13.1 Å². The molecule has 110 valence electrons. The van der Waals surface area contributed by atoms with Crippen LogP contribution in [0.15, 0.2) is 0 Å². The molecule has 1 fully saturated rings. The van der Waals surface area contributed by atoms with Gasteiger partial charge < -0.3 is 4.90 Å². The zero-order chi connectivity index (χ0) is 13.8. The molecule has 1 heteroatoms. The molecular formula is C17H37N. The monoisotopic (exact) mass is 255 g/mol. The third-order valence-corrected chi connectivity index (χ3v) is 4.09. The SMILES string of the molecule is CC.CCCC(CC)CN1CCCC(CCC)C1. The van der Waals surface area contributed by atoms with Crippen molar-refractivity contribution in [2.75, 3.05) is 19.6 Å². The van der Waals surface area contributed by atoms with E-state index in [-0.39, 0.29) is 0 Å². The minimum absolute atomic E-state index is 0.949. The minimum Gasteiger partial charge on any atom is -0.303 e. The van der Waals surface area contributed by atoms with Gasteiger partial charge in [-0.15, -0.1) is 0 Å². The fourth-order valence-electron chi connectivity index (χ4n) is 3.16. The molecule has 1 aliphatic rings. The summed E-state index contributed by atoms with van der Waals surface area (Å²) in [6, 6.07) is 0. The Kier molecular flexibility index (Phi) is 12.0. The Hall–Kier alpha value is -0.0400. The first-order valence-corrected chi connectivity index (χ1v) is 8.52. The Morgan fingerprint density at radius 3 is 2.39 bits per heavy atom. The molecule has 0 radical (unpaired) electrons. The van der Waals surface area contributed by atoms with E-state index < -0.39 is 0 Å². The van der Waals surface area contributed by atoms with Gasteiger partial charge in [-0.25, -0.2) is 0 Å². The van der Waals surface area contributed by atoms with E-state index in [1.165, 1.54) is 64.6 Å². The predicted molar refractivity (Wildman–Crippen MR) is 84.1 cm³/mol. The van der Waals surface area contributed by atoms with Crippen LogP contribution in [0.5, 0.6) is 0 Å². The molecule has 1 rings (SSSR count). The molecule has 1 saturated heterocycles. The molecule has 2 unspecified atom stereocenters. The van der Waals surface area contributed by atoms with Crippen LogP contribution in [0.25, 0.3) is 0 Å². The van der Waals surface area contributed by atoms with Crippen LogP contribution >= 0.6 is 0 Å². The van der Waals surface area contributed by atoms with Crippen molar-refractivity contribution in [2.45, 2.75) is 79.6 Å². The van der Waals surface area contributed by atoms with Gasteiger partial charge in [0.2, 0.25) is 0 Å². The smallest absolute Gasteiger partial charge is 0.000978 e. The van der Waals surface area contributed by atoms with Crippen LogP contribution in [0.4, 0.5) is 0 Å². The van der Waals surface area contributed by atoms with Crippen molar-refractivity contribution < 1.29 is 0 Å². The summed E-state index contributed by atoms with van der Waals surface area (Å²) in [6.07, 6.45) is 9.87. The van der Waals surface area contributed by atoms with Crippen molar-refractivity contribution in [2.24, 2.45) is 11.8 Å². The van der Waals surface area contributed by atoms with Gasteiger partial charge in [0.25, 0.3) is 0 Å². The second kappa shape index (κ2) is 12.0. The Morgan fingerprint density at radius 2 is 1.83 bits per heavy atom. The summed E-state index contributed by atoms with van der Waals surface area (Å²) in [7, 11) is 0. The summed E-state index contributed by atoms with van der Waals surface area (Å²) in [5, 5.41) is 0. The van der Waals surface area contributed by atoms with E-state index >= 15 is 0 Å². The summed E-state index contributed by atoms with van der Waals surface area (Å²) < 4.78 is 0. The lowest BCUT2D eigenvalue weighted by atomic mass is 9.92. The molecule has 0 bridgehead atoms. The standard InChI is InChI=1S/C15H31N.C2H6/c1-4-8-14(6-3)12-16-11-7-10-15(13-16)9-5-2;1-2/h14-15H,4-13H2,1-3H3;1-2H3. The van der Waals surface area contributed by atoms with Gasteiger partial charge in [-0.3, -0.25) is 0 Å². The van der Waals surface area contributed by atoms with Crippen LogP contribution in [-0.2, 0) is 0 Å². The van der Waals surface area contributed by atoms with Crippen LogP contribution in [0.2, 0.25) is 0 Å². The summed E-state index contributed by atoms with van der Waals surface area (Å²) in [4.78, 5) is 2.74. The molecule has 18 heavy (non-hydrogen) atoms. The Balaban J connectivity index is 0.00000137. The largest absolute Gasteiger partial charge is 0.303 e. The molecule has 0 amide bonds. The average molecular weight is 255 g/mol. The van der Waals surface area contributed by atoms with Gasteiger partial charge >= 0.3 is 0 Å². The molecule has 0 aromatic rings. The zero-order valence-electron chi connectivity index (χ0n) is 13.7. The molecule has 0 aromatic heterocycles. The van der Waals surface area contributed by atoms with Crippen LogP contribution in [0.3, 0.4) is 0 Å². The lowest BCUT2D eigenvalue weighted by molar-refractivity contribution is 0.141. The molecule has 0 aliphatic carbocycles. The zero-order valence-corrected chi connectivity index (χ0v) is 13.7. The van der Waals surface area contributed by atoms with Crippen molar-refractivity contribution in [3.05, 3.63) is 0 Å². The highest BCUT2D eigenvalue weighted by Crippen LogP contribution is 2.23. The molecular weight excluding hydrogens is 218 g/mol. The maximum atomic E-state index is 2.74. The molecule has 1 aliphatic heterocycles. The molecule has 0 spiro atoms.